The van der Waals surface area contributed by atoms with Gasteiger partial charge in [0, 0.05) is 26.1 Å². The zero-order chi connectivity index (χ0) is 16.4. The van der Waals surface area contributed by atoms with Gasteiger partial charge in [-0.15, -0.1) is 0 Å². The number of aromatic amines is 1. The molecule has 0 saturated carbocycles. The summed E-state index contributed by atoms with van der Waals surface area (Å²) in [5.74, 6) is 0.523. The number of likely N-dealkylation sites (tertiary alicyclic amines) is 1. The molecule has 2 amide bonds. The summed E-state index contributed by atoms with van der Waals surface area (Å²) in [6, 6.07) is 5.85. The lowest BCUT2D eigenvalue weighted by Crippen LogP contribution is -2.42. The minimum Gasteiger partial charge on any atom is -0.324 e. The molecule has 0 bridgehead atoms. The average Bonchev–Trinajstić information content (AvgIpc) is 2.89. The second-order valence-corrected chi connectivity index (χ2v) is 6.03. The summed E-state index contributed by atoms with van der Waals surface area (Å²) in [5, 5.41) is 9.66. The van der Waals surface area contributed by atoms with Crippen LogP contribution in [0.1, 0.15) is 24.6 Å². The molecular formula is C15H18FN5OS. The van der Waals surface area contributed by atoms with Crippen LogP contribution in [-0.4, -0.2) is 38.8 Å². The molecule has 1 atom stereocenters. The number of rotatable bonds is 2. The van der Waals surface area contributed by atoms with Gasteiger partial charge < -0.3 is 14.8 Å². The molecule has 0 radical (unpaired) electrons. The summed E-state index contributed by atoms with van der Waals surface area (Å²) in [6.07, 6.45) is 1.81. The number of H-pyrrole nitrogens is 1. The maximum atomic E-state index is 13.7. The minimum atomic E-state index is -0.441. The average molecular weight is 335 g/mol. The van der Waals surface area contributed by atoms with Gasteiger partial charge >= 0.3 is 6.03 Å². The third-order valence-electron chi connectivity index (χ3n) is 4.10. The number of piperidine rings is 1. The molecule has 122 valence electrons. The number of para-hydroxylation sites is 1. The molecule has 2 N–H and O–H groups in total. The smallest absolute Gasteiger partial charge is 0.321 e. The Bertz CT molecular complexity index is 771. The summed E-state index contributed by atoms with van der Waals surface area (Å²) in [5.41, 5.74) is 0.192. The first-order chi connectivity index (χ1) is 11.1. The molecule has 2 heterocycles. The maximum Gasteiger partial charge on any atom is 0.321 e. The number of nitrogens with zero attached hydrogens (tertiary/aromatic N) is 3. The molecule has 3 rings (SSSR count). The number of nitrogens with one attached hydrogen (secondary N) is 2. The predicted octanol–water partition coefficient (Wildman–Crippen LogP) is 3.03. The minimum absolute atomic E-state index is 0.119. The van der Waals surface area contributed by atoms with Crippen molar-refractivity contribution in [2.75, 3.05) is 18.4 Å². The highest BCUT2D eigenvalue weighted by atomic mass is 32.1. The molecule has 1 saturated heterocycles. The summed E-state index contributed by atoms with van der Waals surface area (Å²) in [7, 11) is 1.86. The summed E-state index contributed by atoms with van der Waals surface area (Å²) >= 11 is 5.14. The number of benzene rings is 1. The van der Waals surface area contributed by atoms with E-state index in [9.17, 15) is 9.18 Å². The topological polar surface area (TPSA) is 66.0 Å². The highest BCUT2D eigenvalue weighted by Crippen LogP contribution is 2.26. The Labute approximate surface area is 138 Å². The van der Waals surface area contributed by atoms with Gasteiger partial charge in [-0.2, -0.15) is 5.10 Å². The molecule has 0 spiro atoms. The number of carbonyl (C=O) groups is 1. The van der Waals surface area contributed by atoms with Crippen LogP contribution in [0.15, 0.2) is 24.3 Å². The molecule has 1 aromatic carbocycles. The van der Waals surface area contributed by atoms with Crippen LogP contribution in [0, 0.1) is 10.6 Å². The Kier molecular flexibility index (Phi) is 4.42. The van der Waals surface area contributed by atoms with E-state index in [2.05, 4.69) is 15.5 Å². The third-order valence-corrected chi connectivity index (χ3v) is 4.47. The Morgan fingerprint density at radius 2 is 2.26 bits per heavy atom. The number of hydrogen-bond acceptors (Lipinski definition) is 3. The van der Waals surface area contributed by atoms with Crippen molar-refractivity contribution in [2.24, 2.45) is 7.05 Å². The second kappa shape index (κ2) is 6.49. The zero-order valence-electron chi connectivity index (χ0n) is 12.8. The number of carbonyl (C=O) groups excluding carboxylic acids is 1. The molecule has 6 nitrogen and oxygen atoms in total. The summed E-state index contributed by atoms with van der Waals surface area (Å²) in [4.78, 5) is 14.1. The number of hydrogen-bond donors (Lipinski definition) is 2. The van der Waals surface area contributed by atoms with Crippen molar-refractivity contribution in [1.82, 2.24) is 19.7 Å². The van der Waals surface area contributed by atoms with E-state index in [1.165, 1.54) is 6.07 Å². The highest BCUT2D eigenvalue weighted by molar-refractivity contribution is 7.71. The van der Waals surface area contributed by atoms with Crippen LogP contribution in [0.4, 0.5) is 14.9 Å². The van der Waals surface area contributed by atoms with E-state index >= 15 is 0 Å². The first-order valence-electron chi connectivity index (χ1n) is 7.48. The largest absolute Gasteiger partial charge is 0.324 e. The first-order valence-corrected chi connectivity index (χ1v) is 7.89. The van der Waals surface area contributed by atoms with Gasteiger partial charge in [-0.05, 0) is 37.2 Å². The molecule has 0 unspecified atom stereocenters. The molecule has 8 heteroatoms. The highest BCUT2D eigenvalue weighted by Gasteiger charge is 2.27. The van der Waals surface area contributed by atoms with E-state index in [0.29, 0.717) is 17.9 Å². The molecule has 1 aliphatic rings. The second-order valence-electron chi connectivity index (χ2n) is 5.64. The van der Waals surface area contributed by atoms with Crippen LogP contribution in [0.3, 0.4) is 0 Å². The van der Waals surface area contributed by atoms with Gasteiger partial charge in [-0.1, -0.05) is 12.1 Å². The van der Waals surface area contributed by atoms with Crippen LogP contribution in [0.2, 0.25) is 0 Å². The predicted molar refractivity (Wildman–Crippen MR) is 87.4 cm³/mol. The fourth-order valence-corrected chi connectivity index (χ4v) is 2.99. The Balaban J connectivity index is 1.71. The molecule has 1 fully saturated rings. The Morgan fingerprint density at radius 1 is 1.48 bits per heavy atom. The van der Waals surface area contributed by atoms with Crippen molar-refractivity contribution in [3.8, 4) is 0 Å². The molecule has 23 heavy (non-hydrogen) atoms. The number of amides is 2. The van der Waals surface area contributed by atoms with E-state index < -0.39 is 5.82 Å². The van der Waals surface area contributed by atoms with Crippen molar-refractivity contribution >= 4 is 23.9 Å². The lowest BCUT2D eigenvalue weighted by Gasteiger charge is -2.32. The van der Waals surface area contributed by atoms with Gasteiger partial charge in [0.1, 0.15) is 11.6 Å². The maximum absolute atomic E-state index is 13.7. The zero-order valence-corrected chi connectivity index (χ0v) is 13.6. The molecule has 1 aromatic heterocycles. The number of halogens is 1. The van der Waals surface area contributed by atoms with E-state index in [-0.39, 0.29) is 17.6 Å². The molecule has 1 aliphatic heterocycles. The van der Waals surface area contributed by atoms with Gasteiger partial charge in [-0.3, -0.25) is 5.10 Å². The van der Waals surface area contributed by atoms with Crippen LogP contribution < -0.4 is 5.32 Å². The van der Waals surface area contributed by atoms with E-state index in [0.717, 1.165) is 18.7 Å². The van der Waals surface area contributed by atoms with Crippen molar-refractivity contribution in [3.05, 3.63) is 40.7 Å². The fraction of sp³-hybridized carbons (Fsp3) is 0.400. The van der Waals surface area contributed by atoms with Gasteiger partial charge in [-0.25, -0.2) is 9.18 Å². The summed E-state index contributed by atoms with van der Waals surface area (Å²) in [6.45, 7) is 1.18. The fourth-order valence-electron chi connectivity index (χ4n) is 2.85. The van der Waals surface area contributed by atoms with Crippen molar-refractivity contribution < 1.29 is 9.18 Å². The van der Waals surface area contributed by atoms with Crippen LogP contribution >= 0.6 is 12.2 Å². The van der Waals surface area contributed by atoms with E-state index in [4.69, 9.17) is 12.2 Å². The first kappa shape index (κ1) is 15.7. The van der Waals surface area contributed by atoms with Crippen molar-refractivity contribution in [2.45, 2.75) is 18.8 Å². The number of aromatic nitrogens is 3. The summed E-state index contributed by atoms with van der Waals surface area (Å²) < 4.78 is 16.0. The lowest BCUT2D eigenvalue weighted by molar-refractivity contribution is 0.190. The van der Waals surface area contributed by atoms with Crippen molar-refractivity contribution in [1.29, 1.82) is 0 Å². The molecule has 0 aliphatic carbocycles. The molecular weight excluding hydrogens is 317 g/mol. The number of urea groups is 1. The monoisotopic (exact) mass is 335 g/mol. The normalized spacial score (nSPS) is 18.0. The third kappa shape index (κ3) is 3.26. The quantitative estimate of drug-likeness (QED) is 0.829. The number of anilines is 1. The standard InChI is InChI=1S/C15H18FN5OS/c1-20-13(18-19-15(20)23)10-5-4-8-21(9-10)14(22)17-12-7-3-2-6-11(12)16/h2-3,6-7,10H,4-5,8-9H2,1H3,(H,17,22)(H,19,23)/t10-/m1/s1. The van der Waals surface area contributed by atoms with Crippen LogP contribution in [0.25, 0.3) is 0 Å². The van der Waals surface area contributed by atoms with Crippen LogP contribution in [-0.2, 0) is 7.05 Å². The van der Waals surface area contributed by atoms with E-state index in [1.54, 1.807) is 23.1 Å². The Hall–Kier alpha value is -2.22. The van der Waals surface area contributed by atoms with Gasteiger partial charge in [0.2, 0.25) is 0 Å². The SMILES string of the molecule is Cn1c([C@@H]2CCCN(C(=O)Nc3ccccc3F)C2)n[nH]c1=S. The Morgan fingerprint density at radius 3 is 2.96 bits per heavy atom. The van der Waals surface area contributed by atoms with Gasteiger partial charge in [0.15, 0.2) is 4.77 Å². The lowest BCUT2D eigenvalue weighted by atomic mass is 9.97. The van der Waals surface area contributed by atoms with Gasteiger partial charge in [0.25, 0.3) is 0 Å². The van der Waals surface area contributed by atoms with Gasteiger partial charge in [0.05, 0.1) is 5.69 Å². The van der Waals surface area contributed by atoms with E-state index in [1.807, 2.05) is 11.6 Å². The van der Waals surface area contributed by atoms with Crippen LogP contribution in [0.5, 0.6) is 0 Å². The van der Waals surface area contributed by atoms with Crippen molar-refractivity contribution in [3.63, 3.8) is 0 Å². The molecule has 2 aromatic rings.